The monoisotopic (exact) mass is 306 g/mol. The molecule has 1 rings (SSSR count). The van der Waals surface area contributed by atoms with Gasteiger partial charge < -0.3 is 11.1 Å². The van der Waals surface area contributed by atoms with Crippen LogP contribution in [0.3, 0.4) is 0 Å². The zero-order valence-corrected chi connectivity index (χ0v) is 11.7. The number of alkyl halides is 2. The minimum Gasteiger partial charge on any atom is -0.328 e. The van der Waals surface area contributed by atoms with Crippen LogP contribution in [0.15, 0.2) is 29.2 Å². The van der Waals surface area contributed by atoms with E-state index in [0.717, 1.165) is 12.1 Å². The van der Waals surface area contributed by atoms with Gasteiger partial charge in [0.05, 0.1) is 4.90 Å². The van der Waals surface area contributed by atoms with Crippen molar-refractivity contribution in [2.75, 3.05) is 5.32 Å². The molecule has 0 saturated carbocycles. The molecule has 3 N–H and O–H groups in total. The molecule has 0 aromatic heterocycles. The van der Waals surface area contributed by atoms with Gasteiger partial charge in [-0.15, -0.1) is 0 Å². The molecule has 5 nitrogen and oxygen atoms in total. The minimum absolute atomic E-state index is 0.133. The summed E-state index contributed by atoms with van der Waals surface area (Å²) >= 11 is 0. The van der Waals surface area contributed by atoms with Crippen LogP contribution in [0.25, 0.3) is 0 Å². The molecule has 0 radical (unpaired) electrons. The van der Waals surface area contributed by atoms with Gasteiger partial charge in [0.2, 0.25) is 15.7 Å². The van der Waals surface area contributed by atoms with E-state index in [9.17, 15) is 22.0 Å². The van der Waals surface area contributed by atoms with Gasteiger partial charge >= 0.3 is 5.76 Å². The van der Waals surface area contributed by atoms with Crippen molar-refractivity contribution in [2.24, 2.45) is 5.73 Å². The SMILES string of the molecule is CC(N)CCC(=O)Nc1cccc(S(=O)(=O)C(F)F)c1. The highest BCUT2D eigenvalue weighted by atomic mass is 32.2. The molecule has 0 bridgehead atoms. The minimum atomic E-state index is -4.67. The van der Waals surface area contributed by atoms with Gasteiger partial charge in [-0.25, -0.2) is 8.42 Å². The lowest BCUT2D eigenvalue weighted by molar-refractivity contribution is -0.116. The Kier molecular flexibility index (Phi) is 5.58. The smallest absolute Gasteiger partial charge is 0.328 e. The predicted molar refractivity (Wildman–Crippen MR) is 71.1 cm³/mol. The number of rotatable bonds is 6. The van der Waals surface area contributed by atoms with Gasteiger partial charge in [0.1, 0.15) is 0 Å². The quantitative estimate of drug-likeness (QED) is 0.838. The molecule has 1 aromatic rings. The second kappa shape index (κ2) is 6.76. The lowest BCUT2D eigenvalue weighted by Crippen LogP contribution is -2.19. The van der Waals surface area contributed by atoms with Crippen molar-refractivity contribution in [1.29, 1.82) is 0 Å². The number of carbonyl (C=O) groups is 1. The second-order valence-corrected chi connectivity index (χ2v) is 6.32. The maximum atomic E-state index is 12.4. The molecule has 112 valence electrons. The topological polar surface area (TPSA) is 89.3 Å². The van der Waals surface area contributed by atoms with Crippen molar-refractivity contribution in [3.8, 4) is 0 Å². The highest BCUT2D eigenvalue weighted by Crippen LogP contribution is 2.21. The molecule has 0 heterocycles. The average Bonchev–Trinajstić information content (AvgIpc) is 2.36. The van der Waals surface area contributed by atoms with Gasteiger partial charge in [-0.2, -0.15) is 8.78 Å². The average molecular weight is 306 g/mol. The van der Waals surface area contributed by atoms with Gasteiger partial charge in [0.15, 0.2) is 0 Å². The molecule has 0 aliphatic carbocycles. The molecular weight excluding hydrogens is 290 g/mol. The summed E-state index contributed by atoms with van der Waals surface area (Å²) in [6, 6.07) is 4.64. The molecule has 8 heteroatoms. The van der Waals surface area contributed by atoms with Crippen molar-refractivity contribution in [2.45, 2.75) is 36.5 Å². The van der Waals surface area contributed by atoms with Gasteiger partial charge in [0, 0.05) is 18.2 Å². The maximum absolute atomic E-state index is 12.4. The normalized spacial score (nSPS) is 13.2. The van der Waals surface area contributed by atoms with Gasteiger partial charge in [0.25, 0.3) is 0 Å². The molecule has 1 amide bonds. The number of nitrogens with one attached hydrogen (secondary N) is 1. The number of anilines is 1. The molecule has 1 atom stereocenters. The first kappa shape index (κ1) is 16.5. The number of sulfone groups is 1. The summed E-state index contributed by atoms with van der Waals surface area (Å²) in [6.07, 6.45) is 0.643. The Labute approximate surface area is 116 Å². The number of amides is 1. The summed E-state index contributed by atoms with van der Waals surface area (Å²) in [6.45, 7) is 1.75. The first-order chi connectivity index (χ1) is 9.23. The third-order valence-corrected chi connectivity index (χ3v) is 3.89. The number of nitrogens with two attached hydrogens (primary N) is 1. The summed E-state index contributed by atoms with van der Waals surface area (Å²) in [5.74, 6) is -3.85. The Morgan fingerprint density at radius 2 is 2.05 bits per heavy atom. The number of carbonyl (C=O) groups excluding carboxylic acids is 1. The van der Waals surface area contributed by atoms with Crippen molar-refractivity contribution >= 4 is 21.4 Å². The lowest BCUT2D eigenvalue weighted by atomic mass is 10.2. The van der Waals surface area contributed by atoms with Crippen LogP contribution in [0.2, 0.25) is 0 Å². The van der Waals surface area contributed by atoms with E-state index < -0.39 is 20.5 Å². The number of hydrogen-bond acceptors (Lipinski definition) is 4. The van der Waals surface area contributed by atoms with Crippen LogP contribution >= 0.6 is 0 Å². The molecule has 0 saturated heterocycles. The van der Waals surface area contributed by atoms with Crippen molar-refractivity contribution in [3.63, 3.8) is 0 Å². The molecule has 0 fully saturated rings. The third-order valence-electron chi connectivity index (χ3n) is 2.51. The van der Waals surface area contributed by atoms with Crippen LogP contribution < -0.4 is 11.1 Å². The fourth-order valence-corrected chi connectivity index (χ4v) is 2.20. The Morgan fingerprint density at radius 3 is 2.60 bits per heavy atom. The Morgan fingerprint density at radius 1 is 1.40 bits per heavy atom. The number of halogens is 2. The summed E-state index contributed by atoms with van der Waals surface area (Å²) in [4.78, 5) is 11.0. The number of hydrogen-bond donors (Lipinski definition) is 2. The second-order valence-electron chi connectivity index (χ2n) is 4.40. The molecule has 0 aliphatic heterocycles. The van der Waals surface area contributed by atoms with Crippen molar-refractivity contribution < 1.29 is 22.0 Å². The highest BCUT2D eigenvalue weighted by Gasteiger charge is 2.26. The number of benzene rings is 1. The summed E-state index contributed by atoms with van der Waals surface area (Å²) in [5.41, 5.74) is 5.66. The van der Waals surface area contributed by atoms with Crippen molar-refractivity contribution in [1.82, 2.24) is 0 Å². The first-order valence-corrected chi connectivity index (χ1v) is 7.45. The van der Waals surface area contributed by atoms with E-state index in [1.54, 1.807) is 6.92 Å². The third kappa shape index (κ3) is 4.53. The molecule has 1 aromatic carbocycles. The Hall–Kier alpha value is -1.54. The van der Waals surface area contributed by atoms with Crippen LogP contribution in [0.1, 0.15) is 19.8 Å². The summed E-state index contributed by atoms with van der Waals surface area (Å²) in [7, 11) is -4.67. The molecule has 0 spiro atoms. The molecule has 1 unspecified atom stereocenters. The Bertz CT molecular complexity index is 574. The van der Waals surface area contributed by atoms with Gasteiger partial charge in [-0.05, 0) is 31.5 Å². The van der Waals surface area contributed by atoms with Crippen LogP contribution in [-0.2, 0) is 14.6 Å². The van der Waals surface area contributed by atoms with E-state index >= 15 is 0 Å². The fourth-order valence-electron chi connectivity index (χ4n) is 1.44. The van der Waals surface area contributed by atoms with Gasteiger partial charge in [-0.3, -0.25) is 4.79 Å². The van der Waals surface area contributed by atoms with E-state index in [1.807, 2.05) is 0 Å². The van der Waals surface area contributed by atoms with E-state index in [2.05, 4.69) is 5.32 Å². The van der Waals surface area contributed by atoms with Crippen LogP contribution in [0, 0.1) is 0 Å². The predicted octanol–water partition coefficient (Wildman–Crippen LogP) is 1.75. The van der Waals surface area contributed by atoms with Crippen molar-refractivity contribution in [3.05, 3.63) is 24.3 Å². The van der Waals surface area contributed by atoms with Crippen LogP contribution in [-0.4, -0.2) is 26.1 Å². The molecule has 20 heavy (non-hydrogen) atoms. The summed E-state index contributed by atoms with van der Waals surface area (Å²) in [5, 5.41) is 2.44. The van der Waals surface area contributed by atoms with Crippen LogP contribution in [0.5, 0.6) is 0 Å². The molecular formula is C12H16F2N2O3S. The lowest BCUT2D eigenvalue weighted by Gasteiger charge is -2.09. The van der Waals surface area contributed by atoms with E-state index in [-0.39, 0.29) is 24.1 Å². The zero-order chi connectivity index (χ0) is 15.3. The first-order valence-electron chi connectivity index (χ1n) is 5.91. The molecule has 0 aliphatic rings. The largest absolute Gasteiger partial charge is 0.341 e. The fraction of sp³-hybridized carbons (Fsp3) is 0.417. The summed E-state index contributed by atoms with van der Waals surface area (Å²) < 4.78 is 47.4. The van der Waals surface area contributed by atoms with E-state index in [4.69, 9.17) is 5.73 Å². The van der Waals surface area contributed by atoms with Gasteiger partial charge in [-0.1, -0.05) is 6.07 Å². The highest BCUT2D eigenvalue weighted by molar-refractivity contribution is 7.91. The van der Waals surface area contributed by atoms with Crippen LogP contribution in [0.4, 0.5) is 14.5 Å². The maximum Gasteiger partial charge on any atom is 0.341 e. The standard InChI is InChI=1S/C12H16F2N2O3S/c1-8(15)5-6-11(17)16-9-3-2-4-10(7-9)20(18,19)12(13)14/h2-4,7-8,12H,5-6,15H2,1H3,(H,16,17). The zero-order valence-electron chi connectivity index (χ0n) is 10.8. The Balaban J connectivity index is 2.82. The van der Waals surface area contributed by atoms with E-state index in [0.29, 0.717) is 6.42 Å². The van der Waals surface area contributed by atoms with E-state index in [1.165, 1.54) is 12.1 Å².